The number of halogens is 1. The fourth-order valence-corrected chi connectivity index (χ4v) is 4.01. The highest BCUT2D eigenvalue weighted by Crippen LogP contribution is 2.32. The lowest BCUT2D eigenvalue weighted by molar-refractivity contribution is 0.152. The monoisotopic (exact) mass is 444 g/mol. The van der Waals surface area contributed by atoms with Crippen molar-refractivity contribution in [2.45, 2.75) is 25.2 Å². The summed E-state index contributed by atoms with van der Waals surface area (Å²) in [5.41, 5.74) is 4.10. The Labute approximate surface area is 181 Å². The number of aryl methyl sites for hydroxylation is 1. The Kier molecular flexibility index (Phi) is 6.80. The van der Waals surface area contributed by atoms with Crippen LogP contribution in [0.2, 0.25) is 0 Å². The van der Waals surface area contributed by atoms with E-state index in [4.69, 9.17) is 4.74 Å². The van der Waals surface area contributed by atoms with E-state index in [-0.39, 0.29) is 17.3 Å². The minimum absolute atomic E-state index is 0.218. The molecular weight excluding hydrogens is 419 g/mol. The number of nitrogens with zero attached hydrogens (tertiary/aromatic N) is 1. The molecule has 31 heavy (non-hydrogen) atoms. The van der Waals surface area contributed by atoms with Gasteiger partial charge in [0.15, 0.2) is 9.84 Å². The maximum absolute atomic E-state index is 13.5. The molecule has 0 aliphatic rings. The lowest BCUT2D eigenvalue weighted by atomic mass is 10.0. The van der Waals surface area contributed by atoms with Gasteiger partial charge in [0.2, 0.25) is 0 Å². The normalized spacial score (nSPS) is 11.4. The first-order valence-corrected chi connectivity index (χ1v) is 11.8. The third-order valence-corrected chi connectivity index (χ3v) is 6.02. The van der Waals surface area contributed by atoms with Crippen molar-refractivity contribution >= 4 is 15.9 Å². The maximum Gasteiger partial charge on any atom is 0.407 e. The van der Waals surface area contributed by atoms with E-state index in [1.54, 1.807) is 37.3 Å². The molecule has 0 aliphatic heterocycles. The van der Waals surface area contributed by atoms with Crippen molar-refractivity contribution in [3.63, 3.8) is 0 Å². The number of alkyl carbamates (subject to hydrolysis) is 1. The van der Waals surface area contributed by atoms with Crippen LogP contribution in [-0.2, 0) is 21.0 Å². The van der Waals surface area contributed by atoms with E-state index in [0.29, 0.717) is 13.0 Å². The zero-order valence-electron chi connectivity index (χ0n) is 17.7. The Bertz CT molecular complexity index is 1180. The summed E-state index contributed by atoms with van der Waals surface area (Å²) in [7, 11) is -3.40. The van der Waals surface area contributed by atoms with Crippen molar-refractivity contribution in [2.24, 2.45) is 0 Å². The van der Waals surface area contributed by atoms with Gasteiger partial charge in [-0.1, -0.05) is 6.07 Å². The summed E-state index contributed by atoms with van der Waals surface area (Å²) < 4.78 is 44.5. The summed E-state index contributed by atoms with van der Waals surface area (Å²) in [6.45, 7) is 4.28. The van der Waals surface area contributed by atoms with Gasteiger partial charge in [0, 0.05) is 30.2 Å². The topological polar surface area (TPSA) is 77.4 Å². The number of amides is 1. The summed E-state index contributed by atoms with van der Waals surface area (Å²) in [4.78, 5) is 11.8. The Morgan fingerprint density at radius 1 is 1.13 bits per heavy atom. The highest BCUT2D eigenvalue weighted by Gasteiger charge is 2.18. The van der Waals surface area contributed by atoms with E-state index < -0.39 is 15.9 Å². The number of nitrogens with one attached hydrogen (secondary N) is 1. The highest BCUT2D eigenvalue weighted by molar-refractivity contribution is 7.90. The van der Waals surface area contributed by atoms with Gasteiger partial charge in [-0.2, -0.15) is 0 Å². The molecular formula is C23H25FN2O4S. The number of aromatic nitrogens is 1. The molecule has 0 atom stereocenters. The number of carbonyl (C=O) groups excluding carboxylic acids is 1. The van der Waals surface area contributed by atoms with Gasteiger partial charge in [-0.05, 0) is 73.9 Å². The standard InChI is InChI=1S/C23H25FN2O4S/c1-4-30-23(27)25-13-11-17-12-14-26(19-8-6-18(24)7-9-19)22(17)21-15-20(31(3,28)29)10-5-16(21)2/h5-10,12,14-15H,4,11,13H2,1-3H3,(H,25,27). The fourth-order valence-electron chi connectivity index (χ4n) is 3.36. The molecule has 6 nitrogen and oxygen atoms in total. The Balaban J connectivity index is 2.08. The fraction of sp³-hybridized carbons (Fsp3) is 0.261. The first kappa shape index (κ1) is 22.6. The van der Waals surface area contributed by atoms with Gasteiger partial charge in [0.05, 0.1) is 17.2 Å². The molecule has 1 heterocycles. The van der Waals surface area contributed by atoms with E-state index >= 15 is 0 Å². The second-order valence-electron chi connectivity index (χ2n) is 7.18. The van der Waals surface area contributed by atoms with Crippen LogP contribution < -0.4 is 5.32 Å². The Morgan fingerprint density at radius 3 is 2.48 bits per heavy atom. The number of rotatable bonds is 7. The van der Waals surface area contributed by atoms with Crippen molar-refractivity contribution in [1.82, 2.24) is 9.88 Å². The van der Waals surface area contributed by atoms with Crippen molar-refractivity contribution in [2.75, 3.05) is 19.4 Å². The third kappa shape index (κ3) is 5.32. The van der Waals surface area contributed by atoms with E-state index in [2.05, 4.69) is 5.32 Å². The molecule has 0 bridgehead atoms. The average molecular weight is 445 g/mol. The molecule has 0 saturated carbocycles. The van der Waals surface area contributed by atoms with Crippen molar-refractivity contribution < 1.29 is 22.3 Å². The first-order chi connectivity index (χ1) is 14.7. The number of hydrogen-bond acceptors (Lipinski definition) is 4. The van der Waals surface area contributed by atoms with Crippen LogP contribution in [-0.4, -0.2) is 38.5 Å². The zero-order chi connectivity index (χ0) is 22.6. The molecule has 0 radical (unpaired) electrons. The molecule has 2 aromatic carbocycles. The zero-order valence-corrected chi connectivity index (χ0v) is 18.5. The molecule has 1 amide bonds. The van der Waals surface area contributed by atoms with Gasteiger partial charge >= 0.3 is 6.09 Å². The lowest BCUT2D eigenvalue weighted by Crippen LogP contribution is -2.26. The Morgan fingerprint density at radius 2 is 1.84 bits per heavy atom. The van der Waals surface area contributed by atoms with Crippen LogP contribution in [0.4, 0.5) is 9.18 Å². The van der Waals surface area contributed by atoms with Gasteiger partial charge in [-0.25, -0.2) is 17.6 Å². The van der Waals surface area contributed by atoms with Crippen molar-refractivity contribution in [3.05, 3.63) is 71.7 Å². The summed E-state index contributed by atoms with van der Waals surface area (Å²) in [6, 6.07) is 13.0. The molecule has 3 rings (SSSR count). The van der Waals surface area contributed by atoms with Crippen LogP contribution in [0.25, 0.3) is 16.9 Å². The molecule has 0 spiro atoms. The van der Waals surface area contributed by atoms with Crippen molar-refractivity contribution in [3.8, 4) is 16.9 Å². The second kappa shape index (κ2) is 9.34. The predicted molar refractivity (Wildman–Crippen MR) is 118 cm³/mol. The Hall–Kier alpha value is -3.13. The number of benzene rings is 2. The highest BCUT2D eigenvalue weighted by atomic mass is 32.2. The van der Waals surface area contributed by atoms with E-state index in [9.17, 15) is 17.6 Å². The molecule has 8 heteroatoms. The van der Waals surface area contributed by atoms with Crippen LogP contribution >= 0.6 is 0 Å². The van der Waals surface area contributed by atoms with E-state index in [1.807, 2.05) is 23.8 Å². The molecule has 0 saturated heterocycles. The summed E-state index contributed by atoms with van der Waals surface area (Å²) >= 11 is 0. The van der Waals surface area contributed by atoms with E-state index in [1.165, 1.54) is 18.4 Å². The van der Waals surface area contributed by atoms with Gasteiger partial charge in [-0.3, -0.25) is 0 Å². The quantitative estimate of drug-likeness (QED) is 0.590. The molecule has 0 aliphatic carbocycles. The molecule has 0 fully saturated rings. The number of hydrogen-bond donors (Lipinski definition) is 1. The smallest absolute Gasteiger partial charge is 0.407 e. The minimum atomic E-state index is -3.40. The number of sulfone groups is 1. The lowest BCUT2D eigenvalue weighted by Gasteiger charge is -2.16. The molecule has 1 aromatic heterocycles. The summed E-state index contributed by atoms with van der Waals surface area (Å²) in [5.74, 6) is -0.341. The second-order valence-corrected chi connectivity index (χ2v) is 9.20. The molecule has 0 unspecified atom stereocenters. The average Bonchev–Trinajstić information content (AvgIpc) is 3.12. The third-order valence-electron chi connectivity index (χ3n) is 4.91. The van der Waals surface area contributed by atoms with E-state index in [0.717, 1.165) is 28.1 Å². The molecule has 3 aromatic rings. The summed E-state index contributed by atoms with van der Waals surface area (Å²) in [5, 5.41) is 2.70. The first-order valence-electron chi connectivity index (χ1n) is 9.88. The molecule has 1 N–H and O–H groups in total. The van der Waals surface area contributed by atoms with Crippen LogP contribution in [0.1, 0.15) is 18.1 Å². The van der Waals surface area contributed by atoms with Crippen LogP contribution in [0.5, 0.6) is 0 Å². The van der Waals surface area contributed by atoms with Crippen LogP contribution in [0.3, 0.4) is 0 Å². The van der Waals surface area contributed by atoms with Gasteiger partial charge in [0.25, 0.3) is 0 Å². The minimum Gasteiger partial charge on any atom is -0.450 e. The van der Waals surface area contributed by atoms with Crippen LogP contribution in [0, 0.1) is 12.7 Å². The SMILES string of the molecule is CCOC(=O)NCCc1ccn(-c2ccc(F)cc2)c1-c1cc(S(C)(=O)=O)ccc1C. The van der Waals surface area contributed by atoms with Crippen LogP contribution in [0.15, 0.2) is 59.6 Å². The largest absolute Gasteiger partial charge is 0.450 e. The maximum atomic E-state index is 13.5. The summed E-state index contributed by atoms with van der Waals surface area (Å²) in [6.07, 6.45) is 3.04. The van der Waals surface area contributed by atoms with Crippen molar-refractivity contribution in [1.29, 1.82) is 0 Å². The van der Waals surface area contributed by atoms with Gasteiger partial charge in [0.1, 0.15) is 5.82 Å². The number of ether oxygens (including phenoxy) is 1. The predicted octanol–water partition coefficient (Wildman–Crippen LogP) is 4.28. The van der Waals surface area contributed by atoms with Gasteiger partial charge < -0.3 is 14.6 Å². The molecule has 164 valence electrons. The number of carbonyl (C=O) groups is 1. The van der Waals surface area contributed by atoms with Gasteiger partial charge in [-0.15, -0.1) is 0 Å².